The van der Waals surface area contributed by atoms with Gasteiger partial charge in [-0.3, -0.25) is 4.79 Å². The average molecular weight is 344 g/mol. The van der Waals surface area contributed by atoms with Crippen molar-refractivity contribution in [2.24, 2.45) is 0 Å². The fraction of sp³-hybridized carbons (Fsp3) is 0.500. The first kappa shape index (κ1) is 17.6. The Morgan fingerprint density at radius 3 is 2.84 bits per heavy atom. The molecule has 7 nitrogen and oxygen atoms in total. The number of carbonyl (C=O) groups excluding carboxylic acids is 1. The van der Waals surface area contributed by atoms with Gasteiger partial charge in [-0.2, -0.15) is 0 Å². The van der Waals surface area contributed by atoms with E-state index in [4.69, 9.17) is 9.47 Å². The van der Waals surface area contributed by atoms with Crippen LogP contribution in [0.15, 0.2) is 30.3 Å². The highest BCUT2D eigenvalue weighted by molar-refractivity contribution is 5.78. The van der Waals surface area contributed by atoms with E-state index in [2.05, 4.69) is 10.3 Å². The molecule has 0 fully saturated rings. The molecule has 1 amide bonds. The minimum atomic E-state index is -0.226. The molecule has 0 saturated heterocycles. The molecule has 2 heterocycles. The van der Waals surface area contributed by atoms with Gasteiger partial charge in [0.15, 0.2) is 0 Å². The first-order chi connectivity index (χ1) is 12.2. The number of benzene rings is 1. The normalized spacial score (nSPS) is 16.7. The summed E-state index contributed by atoms with van der Waals surface area (Å²) in [6.07, 6.45) is 0.751. The molecule has 0 saturated carbocycles. The maximum absolute atomic E-state index is 12.4. The Kier molecular flexibility index (Phi) is 5.78. The third kappa shape index (κ3) is 3.88. The molecule has 7 heteroatoms. The number of aryl methyl sites for hydroxylation is 1. The molecule has 3 rings (SSSR count). The van der Waals surface area contributed by atoms with Crippen molar-refractivity contribution < 1.29 is 14.3 Å². The van der Waals surface area contributed by atoms with Crippen molar-refractivity contribution in [2.75, 3.05) is 26.9 Å². The van der Waals surface area contributed by atoms with Crippen molar-refractivity contribution in [2.45, 2.75) is 32.5 Å². The van der Waals surface area contributed by atoms with Crippen LogP contribution in [-0.4, -0.2) is 52.7 Å². The van der Waals surface area contributed by atoms with Crippen LogP contribution >= 0.6 is 0 Å². The van der Waals surface area contributed by atoms with E-state index in [1.165, 1.54) is 7.11 Å². The smallest absolute Gasteiger partial charge is 0.249 e. The summed E-state index contributed by atoms with van der Waals surface area (Å²) in [4.78, 5) is 14.2. The number of ether oxygens (including phenoxy) is 2. The van der Waals surface area contributed by atoms with Crippen LogP contribution in [0.2, 0.25) is 0 Å². The van der Waals surface area contributed by atoms with Crippen LogP contribution in [0.25, 0.3) is 0 Å². The molecule has 1 atom stereocenters. The second-order valence-electron chi connectivity index (χ2n) is 6.02. The van der Waals surface area contributed by atoms with Crippen LogP contribution in [0.1, 0.15) is 29.9 Å². The van der Waals surface area contributed by atoms with Gasteiger partial charge in [0, 0.05) is 26.6 Å². The van der Waals surface area contributed by atoms with Gasteiger partial charge in [0.1, 0.15) is 18.3 Å². The number of nitrogens with zero attached hydrogens (tertiary/aromatic N) is 4. The van der Waals surface area contributed by atoms with Crippen LogP contribution in [0, 0.1) is 0 Å². The summed E-state index contributed by atoms with van der Waals surface area (Å²) in [5.74, 6) is -0.0486. The number of aromatic nitrogens is 3. The van der Waals surface area contributed by atoms with E-state index in [9.17, 15) is 4.79 Å². The maximum Gasteiger partial charge on any atom is 0.249 e. The monoisotopic (exact) mass is 344 g/mol. The highest BCUT2D eigenvalue weighted by Gasteiger charge is 2.34. The van der Waals surface area contributed by atoms with E-state index in [0.717, 1.165) is 29.9 Å². The summed E-state index contributed by atoms with van der Waals surface area (Å²) in [6.45, 7) is 4.39. The lowest BCUT2D eigenvalue weighted by molar-refractivity contribution is -0.140. The Morgan fingerprint density at radius 2 is 2.12 bits per heavy atom. The number of carbonyl (C=O) groups is 1. The van der Waals surface area contributed by atoms with Crippen LogP contribution in [-0.2, 0) is 33.8 Å². The summed E-state index contributed by atoms with van der Waals surface area (Å²) in [5.41, 5.74) is 3.04. The number of fused-ring (bicyclic) bond motifs is 1. The lowest BCUT2D eigenvalue weighted by Gasteiger charge is -2.34. The van der Waals surface area contributed by atoms with Crippen molar-refractivity contribution in [1.29, 1.82) is 0 Å². The molecule has 1 aliphatic rings. The fourth-order valence-corrected chi connectivity index (χ4v) is 3.18. The number of rotatable bonds is 7. The summed E-state index contributed by atoms with van der Waals surface area (Å²) in [6, 6.07) is 9.76. The Morgan fingerprint density at radius 1 is 1.32 bits per heavy atom. The van der Waals surface area contributed by atoms with Gasteiger partial charge in [0.2, 0.25) is 5.91 Å². The summed E-state index contributed by atoms with van der Waals surface area (Å²) in [7, 11) is 1.53. The van der Waals surface area contributed by atoms with Gasteiger partial charge >= 0.3 is 0 Å². The summed E-state index contributed by atoms with van der Waals surface area (Å²) < 4.78 is 12.8. The second kappa shape index (κ2) is 8.22. The molecule has 1 aliphatic heterocycles. The van der Waals surface area contributed by atoms with Gasteiger partial charge in [-0.25, -0.2) is 4.68 Å². The van der Waals surface area contributed by atoms with E-state index < -0.39 is 0 Å². The standard InChI is InChI=1S/C18H24N4O3/c1-3-22-15-9-10-21(17(23)13-24-2)16(18(15)19-20-22)12-25-11-14-7-5-4-6-8-14/h4-8,16H,3,9-13H2,1-2H3. The largest absolute Gasteiger partial charge is 0.375 e. The number of hydrogen-bond acceptors (Lipinski definition) is 5. The van der Waals surface area contributed by atoms with E-state index >= 15 is 0 Å². The van der Waals surface area contributed by atoms with Gasteiger partial charge in [0.25, 0.3) is 0 Å². The van der Waals surface area contributed by atoms with E-state index in [1.54, 1.807) is 4.90 Å². The van der Waals surface area contributed by atoms with E-state index in [1.807, 2.05) is 41.9 Å². The molecule has 0 bridgehead atoms. The number of hydrogen-bond donors (Lipinski definition) is 0. The minimum Gasteiger partial charge on any atom is -0.375 e. The maximum atomic E-state index is 12.4. The van der Waals surface area contributed by atoms with E-state index in [0.29, 0.717) is 19.8 Å². The highest BCUT2D eigenvalue weighted by atomic mass is 16.5. The number of amides is 1. The zero-order valence-electron chi connectivity index (χ0n) is 14.7. The van der Waals surface area contributed by atoms with Gasteiger partial charge in [-0.15, -0.1) is 5.10 Å². The van der Waals surface area contributed by atoms with Crippen LogP contribution in [0.4, 0.5) is 0 Å². The lowest BCUT2D eigenvalue weighted by atomic mass is 10.0. The molecule has 0 N–H and O–H groups in total. The van der Waals surface area contributed by atoms with Gasteiger partial charge in [0.05, 0.1) is 18.9 Å². The number of methoxy groups -OCH3 is 1. The summed E-state index contributed by atoms with van der Waals surface area (Å²) >= 11 is 0. The van der Waals surface area contributed by atoms with Crippen molar-refractivity contribution in [3.05, 3.63) is 47.3 Å². The third-order valence-electron chi connectivity index (χ3n) is 4.42. The molecule has 0 aliphatic carbocycles. The molecule has 134 valence electrons. The average Bonchev–Trinajstić information content (AvgIpc) is 3.06. The van der Waals surface area contributed by atoms with Gasteiger partial charge < -0.3 is 14.4 Å². The summed E-state index contributed by atoms with van der Waals surface area (Å²) in [5, 5.41) is 8.54. The SMILES string of the molecule is CCn1nnc2c1CCN(C(=O)COC)C2COCc1ccccc1. The van der Waals surface area contributed by atoms with Crippen molar-refractivity contribution >= 4 is 5.91 Å². The zero-order valence-corrected chi connectivity index (χ0v) is 14.7. The van der Waals surface area contributed by atoms with Gasteiger partial charge in [-0.1, -0.05) is 35.5 Å². The predicted molar refractivity (Wildman–Crippen MR) is 91.8 cm³/mol. The molecule has 1 aromatic heterocycles. The Bertz CT molecular complexity index is 702. The molecule has 1 aromatic carbocycles. The highest BCUT2D eigenvalue weighted by Crippen LogP contribution is 2.28. The molecular weight excluding hydrogens is 320 g/mol. The van der Waals surface area contributed by atoms with E-state index in [-0.39, 0.29) is 18.6 Å². The molecule has 0 spiro atoms. The Hall–Kier alpha value is -2.25. The first-order valence-electron chi connectivity index (χ1n) is 8.57. The quantitative estimate of drug-likeness (QED) is 0.763. The molecule has 2 aromatic rings. The Balaban J connectivity index is 1.75. The lowest BCUT2D eigenvalue weighted by Crippen LogP contribution is -2.44. The topological polar surface area (TPSA) is 69.5 Å². The molecule has 25 heavy (non-hydrogen) atoms. The third-order valence-corrected chi connectivity index (χ3v) is 4.42. The minimum absolute atomic E-state index is 0.0486. The fourth-order valence-electron chi connectivity index (χ4n) is 3.18. The molecule has 0 radical (unpaired) electrons. The van der Waals surface area contributed by atoms with Crippen molar-refractivity contribution in [3.8, 4) is 0 Å². The Labute approximate surface area is 147 Å². The molecule has 1 unspecified atom stereocenters. The predicted octanol–water partition coefficient (Wildman–Crippen LogP) is 1.59. The van der Waals surface area contributed by atoms with Crippen molar-refractivity contribution in [1.82, 2.24) is 19.9 Å². The zero-order chi connectivity index (χ0) is 17.6. The molecular formula is C18H24N4O3. The van der Waals surface area contributed by atoms with Gasteiger partial charge in [-0.05, 0) is 12.5 Å². The van der Waals surface area contributed by atoms with Crippen LogP contribution < -0.4 is 0 Å². The second-order valence-corrected chi connectivity index (χ2v) is 6.02. The van der Waals surface area contributed by atoms with Crippen LogP contribution in [0.3, 0.4) is 0 Å². The van der Waals surface area contributed by atoms with Crippen LogP contribution in [0.5, 0.6) is 0 Å². The first-order valence-corrected chi connectivity index (χ1v) is 8.57. The van der Waals surface area contributed by atoms with Crippen molar-refractivity contribution in [3.63, 3.8) is 0 Å².